The van der Waals surface area contributed by atoms with Gasteiger partial charge in [-0.25, -0.2) is 9.37 Å². The van der Waals surface area contributed by atoms with Gasteiger partial charge >= 0.3 is 0 Å². The first-order valence-electron chi connectivity index (χ1n) is 5.78. The fraction of sp³-hybridized carbons (Fsp3) is 0.308. The SMILES string of the molecule is OC1CCCc2sc(-c3ccc(Br)cc3F)nc21. The second-order valence-corrected chi connectivity index (χ2v) is 6.36. The van der Waals surface area contributed by atoms with Crippen LogP contribution in [-0.4, -0.2) is 10.1 Å². The molecule has 18 heavy (non-hydrogen) atoms. The number of aryl methyl sites for hydroxylation is 1. The summed E-state index contributed by atoms with van der Waals surface area (Å²) in [6, 6.07) is 4.96. The summed E-state index contributed by atoms with van der Waals surface area (Å²) in [5, 5.41) is 10.5. The zero-order chi connectivity index (χ0) is 12.7. The summed E-state index contributed by atoms with van der Waals surface area (Å²) >= 11 is 4.72. The number of aliphatic hydroxyl groups is 1. The molecule has 2 nitrogen and oxygen atoms in total. The van der Waals surface area contributed by atoms with Gasteiger partial charge in [-0.1, -0.05) is 15.9 Å². The third-order valence-corrected chi connectivity index (χ3v) is 4.74. The third kappa shape index (κ3) is 2.11. The molecule has 5 heteroatoms. The lowest BCUT2D eigenvalue weighted by Crippen LogP contribution is -2.07. The van der Waals surface area contributed by atoms with Gasteiger partial charge in [0, 0.05) is 14.9 Å². The number of hydrogen-bond acceptors (Lipinski definition) is 3. The zero-order valence-electron chi connectivity index (χ0n) is 9.49. The minimum Gasteiger partial charge on any atom is -0.387 e. The summed E-state index contributed by atoms with van der Waals surface area (Å²) in [6.45, 7) is 0. The summed E-state index contributed by atoms with van der Waals surface area (Å²) in [5.74, 6) is -0.287. The molecule has 1 unspecified atom stereocenters. The molecule has 0 fully saturated rings. The average Bonchev–Trinajstić information content (AvgIpc) is 2.74. The Balaban J connectivity index is 2.07. The number of rotatable bonds is 1. The highest BCUT2D eigenvalue weighted by Crippen LogP contribution is 2.38. The van der Waals surface area contributed by atoms with Crippen LogP contribution >= 0.6 is 27.3 Å². The number of aliphatic hydroxyl groups excluding tert-OH is 1. The van der Waals surface area contributed by atoms with Crippen LogP contribution in [0.25, 0.3) is 10.6 Å². The molecule has 0 saturated carbocycles. The van der Waals surface area contributed by atoms with Gasteiger partial charge in [0.2, 0.25) is 0 Å². The molecule has 3 rings (SSSR count). The van der Waals surface area contributed by atoms with Crippen LogP contribution in [0.2, 0.25) is 0 Å². The molecule has 0 radical (unpaired) electrons. The van der Waals surface area contributed by atoms with Crippen LogP contribution in [0, 0.1) is 5.82 Å². The van der Waals surface area contributed by atoms with Crippen molar-refractivity contribution in [2.45, 2.75) is 25.4 Å². The minimum absolute atomic E-state index is 0.287. The van der Waals surface area contributed by atoms with Gasteiger partial charge in [-0.3, -0.25) is 0 Å². The number of hydrogen-bond donors (Lipinski definition) is 1. The number of halogens is 2. The predicted octanol–water partition coefficient (Wildman–Crippen LogP) is 4.08. The maximum absolute atomic E-state index is 13.9. The van der Waals surface area contributed by atoms with Gasteiger partial charge in [-0.05, 0) is 37.5 Å². The standard InChI is InChI=1S/C13H11BrFNOS/c14-7-4-5-8(9(15)6-7)13-16-12-10(17)2-1-3-11(12)18-13/h4-6,10,17H,1-3H2. The first-order chi connectivity index (χ1) is 8.65. The van der Waals surface area contributed by atoms with E-state index in [0.29, 0.717) is 15.0 Å². The molecule has 1 aromatic heterocycles. The number of thiazole rings is 1. The number of fused-ring (bicyclic) bond motifs is 1. The number of nitrogens with zero attached hydrogens (tertiary/aromatic N) is 1. The summed E-state index contributed by atoms with van der Waals surface area (Å²) in [5.41, 5.74) is 1.24. The van der Waals surface area contributed by atoms with Crippen molar-refractivity contribution in [3.63, 3.8) is 0 Å². The second kappa shape index (κ2) is 4.72. The smallest absolute Gasteiger partial charge is 0.134 e. The van der Waals surface area contributed by atoms with E-state index in [2.05, 4.69) is 20.9 Å². The van der Waals surface area contributed by atoms with E-state index in [9.17, 15) is 9.50 Å². The van der Waals surface area contributed by atoms with Gasteiger partial charge in [-0.15, -0.1) is 11.3 Å². The second-order valence-electron chi connectivity index (χ2n) is 4.36. The molecule has 0 saturated heterocycles. The van der Waals surface area contributed by atoms with Crippen LogP contribution in [0.3, 0.4) is 0 Å². The van der Waals surface area contributed by atoms with E-state index in [1.54, 1.807) is 12.1 Å². The largest absolute Gasteiger partial charge is 0.387 e. The molecule has 1 aliphatic carbocycles. The molecule has 1 N–H and O–H groups in total. The highest BCUT2D eigenvalue weighted by Gasteiger charge is 2.24. The Morgan fingerprint density at radius 3 is 3.00 bits per heavy atom. The molecule has 0 spiro atoms. The lowest BCUT2D eigenvalue weighted by atomic mass is 10.0. The van der Waals surface area contributed by atoms with E-state index in [0.717, 1.165) is 29.8 Å². The fourth-order valence-electron chi connectivity index (χ4n) is 2.17. The lowest BCUT2D eigenvalue weighted by Gasteiger charge is -2.14. The zero-order valence-corrected chi connectivity index (χ0v) is 11.9. The van der Waals surface area contributed by atoms with Crippen molar-refractivity contribution in [2.75, 3.05) is 0 Å². The molecular weight excluding hydrogens is 317 g/mol. The average molecular weight is 328 g/mol. The van der Waals surface area contributed by atoms with Gasteiger partial charge in [-0.2, -0.15) is 0 Å². The van der Waals surface area contributed by atoms with E-state index >= 15 is 0 Å². The summed E-state index contributed by atoms with van der Waals surface area (Å²) < 4.78 is 14.6. The van der Waals surface area contributed by atoms with Crippen molar-refractivity contribution < 1.29 is 9.50 Å². The van der Waals surface area contributed by atoms with E-state index in [-0.39, 0.29) is 5.82 Å². The third-order valence-electron chi connectivity index (χ3n) is 3.09. The molecule has 1 aliphatic rings. The first-order valence-corrected chi connectivity index (χ1v) is 7.39. The molecule has 1 aromatic carbocycles. The molecule has 0 amide bonds. The summed E-state index contributed by atoms with van der Waals surface area (Å²) in [6.07, 6.45) is 2.16. The van der Waals surface area contributed by atoms with Gasteiger partial charge < -0.3 is 5.11 Å². The van der Waals surface area contributed by atoms with Gasteiger partial charge in [0.1, 0.15) is 10.8 Å². The van der Waals surface area contributed by atoms with Crippen molar-refractivity contribution in [1.82, 2.24) is 4.98 Å². The van der Waals surface area contributed by atoms with Crippen LogP contribution in [-0.2, 0) is 6.42 Å². The quantitative estimate of drug-likeness (QED) is 0.856. The van der Waals surface area contributed by atoms with Crippen molar-refractivity contribution in [2.24, 2.45) is 0 Å². The van der Waals surface area contributed by atoms with E-state index < -0.39 is 6.10 Å². The van der Waals surface area contributed by atoms with Crippen LogP contribution in [0.5, 0.6) is 0 Å². The molecule has 1 heterocycles. The van der Waals surface area contributed by atoms with Crippen LogP contribution < -0.4 is 0 Å². The summed E-state index contributed by atoms with van der Waals surface area (Å²) in [7, 11) is 0. The maximum atomic E-state index is 13.9. The van der Waals surface area contributed by atoms with Crippen molar-refractivity contribution in [1.29, 1.82) is 0 Å². The Hall–Kier alpha value is -0.780. The first kappa shape index (κ1) is 12.3. The maximum Gasteiger partial charge on any atom is 0.134 e. The topological polar surface area (TPSA) is 33.1 Å². The predicted molar refractivity (Wildman–Crippen MR) is 73.1 cm³/mol. The van der Waals surface area contributed by atoms with Crippen molar-refractivity contribution >= 4 is 27.3 Å². The van der Waals surface area contributed by atoms with E-state index in [1.165, 1.54) is 17.4 Å². The van der Waals surface area contributed by atoms with Crippen LogP contribution in [0.15, 0.2) is 22.7 Å². The Morgan fingerprint density at radius 2 is 2.28 bits per heavy atom. The monoisotopic (exact) mass is 327 g/mol. The highest BCUT2D eigenvalue weighted by molar-refractivity contribution is 9.10. The molecular formula is C13H11BrFNOS. The molecule has 94 valence electrons. The van der Waals surface area contributed by atoms with Crippen molar-refractivity contribution in [3.05, 3.63) is 39.1 Å². The number of benzene rings is 1. The van der Waals surface area contributed by atoms with Gasteiger partial charge in [0.05, 0.1) is 11.8 Å². The molecule has 1 atom stereocenters. The number of aromatic nitrogens is 1. The Bertz CT molecular complexity index is 599. The van der Waals surface area contributed by atoms with E-state index in [4.69, 9.17) is 0 Å². The normalized spacial score (nSPS) is 18.7. The molecule has 2 aromatic rings. The Kier molecular flexibility index (Phi) is 3.21. The van der Waals surface area contributed by atoms with Crippen LogP contribution in [0.1, 0.15) is 29.5 Å². The Labute approximate surface area is 117 Å². The van der Waals surface area contributed by atoms with Crippen molar-refractivity contribution in [3.8, 4) is 10.6 Å². The Morgan fingerprint density at radius 1 is 1.44 bits per heavy atom. The molecule has 0 aliphatic heterocycles. The van der Waals surface area contributed by atoms with Gasteiger partial charge in [0.25, 0.3) is 0 Å². The summed E-state index contributed by atoms with van der Waals surface area (Å²) in [4.78, 5) is 5.49. The van der Waals surface area contributed by atoms with E-state index in [1.807, 2.05) is 0 Å². The minimum atomic E-state index is -0.489. The lowest BCUT2D eigenvalue weighted by molar-refractivity contribution is 0.153. The van der Waals surface area contributed by atoms with Crippen LogP contribution in [0.4, 0.5) is 4.39 Å². The highest BCUT2D eigenvalue weighted by atomic mass is 79.9. The molecule has 0 bridgehead atoms. The van der Waals surface area contributed by atoms with Gasteiger partial charge in [0.15, 0.2) is 0 Å². The fourth-order valence-corrected chi connectivity index (χ4v) is 3.69.